The van der Waals surface area contributed by atoms with E-state index in [9.17, 15) is 0 Å². The Morgan fingerprint density at radius 1 is 1.67 bits per heavy atom. The van der Waals surface area contributed by atoms with Crippen molar-refractivity contribution >= 4 is 0 Å². The van der Waals surface area contributed by atoms with Gasteiger partial charge in [0, 0.05) is 0 Å². The summed E-state index contributed by atoms with van der Waals surface area (Å²) in [7, 11) is 0. The van der Waals surface area contributed by atoms with Crippen LogP contribution in [0.25, 0.3) is 0 Å². The van der Waals surface area contributed by atoms with E-state index in [1.54, 1.807) is 6.26 Å². The normalized spacial score (nSPS) is 19.5. The molecule has 0 spiro atoms. The molecule has 0 aliphatic heterocycles. The van der Waals surface area contributed by atoms with Crippen LogP contribution in [0.4, 0.5) is 0 Å². The quantitative estimate of drug-likeness (QED) is 0.746. The fourth-order valence-electron chi connectivity index (χ4n) is 1.58. The van der Waals surface area contributed by atoms with Gasteiger partial charge in [-0.25, -0.2) is 0 Å². The molecule has 0 amide bonds. The highest BCUT2D eigenvalue weighted by molar-refractivity contribution is 5.18. The SMILES string of the molecule is Cc1ccoc1C(N)CC1CC1. The highest BCUT2D eigenvalue weighted by Crippen LogP contribution is 2.37. The Kier molecular flexibility index (Phi) is 1.93. The zero-order chi connectivity index (χ0) is 8.55. The molecule has 1 aromatic heterocycles. The van der Waals surface area contributed by atoms with E-state index in [0.717, 1.165) is 18.1 Å². The lowest BCUT2D eigenvalue weighted by molar-refractivity contribution is 0.437. The summed E-state index contributed by atoms with van der Waals surface area (Å²) >= 11 is 0. The Morgan fingerprint density at radius 2 is 2.42 bits per heavy atom. The van der Waals surface area contributed by atoms with Crippen molar-refractivity contribution in [2.75, 3.05) is 0 Å². The minimum absolute atomic E-state index is 0.118. The minimum Gasteiger partial charge on any atom is -0.467 e. The van der Waals surface area contributed by atoms with E-state index in [2.05, 4.69) is 0 Å². The number of hydrogen-bond acceptors (Lipinski definition) is 2. The van der Waals surface area contributed by atoms with E-state index < -0.39 is 0 Å². The van der Waals surface area contributed by atoms with Crippen LogP contribution in [0.3, 0.4) is 0 Å². The molecule has 1 aromatic rings. The highest BCUT2D eigenvalue weighted by Gasteiger charge is 2.26. The molecule has 1 aliphatic rings. The second-order valence-corrected chi connectivity index (χ2v) is 3.75. The zero-order valence-electron chi connectivity index (χ0n) is 7.42. The monoisotopic (exact) mass is 165 g/mol. The van der Waals surface area contributed by atoms with Crippen molar-refractivity contribution in [1.82, 2.24) is 0 Å². The van der Waals surface area contributed by atoms with Crippen LogP contribution in [0, 0.1) is 12.8 Å². The molecule has 0 saturated heterocycles. The molecule has 2 rings (SSSR count). The van der Waals surface area contributed by atoms with Gasteiger partial charge >= 0.3 is 0 Å². The van der Waals surface area contributed by atoms with Crippen molar-refractivity contribution in [2.45, 2.75) is 32.2 Å². The molecule has 0 radical (unpaired) electrons. The molecule has 1 heterocycles. The number of aryl methyl sites for hydroxylation is 1. The molecule has 66 valence electrons. The van der Waals surface area contributed by atoms with E-state index in [-0.39, 0.29) is 6.04 Å². The third-order valence-corrected chi connectivity index (χ3v) is 2.52. The predicted molar refractivity (Wildman–Crippen MR) is 47.7 cm³/mol. The molecular formula is C10H15NO. The Hall–Kier alpha value is -0.760. The molecule has 1 aliphatic carbocycles. The van der Waals surface area contributed by atoms with Gasteiger partial charge in [0.15, 0.2) is 0 Å². The van der Waals surface area contributed by atoms with Crippen LogP contribution in [-0.4, -0.2) is 0 Å². The molecule has 2 N–H and O–H groups in total. The van der Waals surface area contributed by atoms with Gasteiger partial charge in [0.2, 0.25) is 0 Å². The van der Waals surface area contributed by atoms with E-state index in [1.165, 1.54) is 18.4 Å². The summed E-state index contributed by atoms with van der Waals surface area (Å²) < 4.78 is 5.33. The van der Waals surface area contributed by atoms with Crippen LogP contribution >= 0.6 is 0 Å². The van der Waals surface area contributed by atoms with Crippen molar-refractivity contribution in [3.63, 3.8) is 0 Å². The summed E-state index contributed by atoms with van der Waals surface area (Å²) in [5.41, 5.74) is 7.17. The number of rotatable bonds is 3. The molecular weight excluding hydrogens is 150 g/mol. The van der Waals surface area contributed by atoms with Gasteiger partial charge in [-0.2, -0.15) is 0 Å². The first-order valence-corrected chi connectivity index (χ1v) is 4.57. The maximum Gasteiger partial charge on any atom is 0.123 e. The summed E-state index contributed by atoms with van der Waals surface area (Å²) in [5, 5.41) is 0. The summed E-state index contributed by atoms with van der Waals surface area (Å²) in [5.74, 6) is 1.84. The highest BCUT2D eigenvalue weighted by atomic mass is 16.3. The van der Waals surface area contributed by atoms with E-state index in [4.69, 9.17) is 10.2 Å². The fourth-order valence-corrected chi connectivity index (χ4v) is 1.58. The number of hydrogen-bond donors (Lipinski definition) is 1. The lowest BCUT2D eigenvalue weighted by atomic mass is 10.1. The number of nitrogens with two attached hydrogens (primary N) is 1. The molecule has 0 aromatic carbocycles. The van der Waals surface area contributed by atoms with Crippen LogP contribution in [0.15, 0.2) is 16.7 Å². The minimum atomic E-state index is 0.118. The Balaban J connectivity index is 2.02. The van der Waals surface area contributed by atoms with Crippen LogP contribution < -0.4 is 5.73 Å². The topological polar surface area (TPSA) is 39.2 Å². The Labute approximate surface area is 72.7 Å². The van der Waals surface area contributed by atoms with E-state index >= 15 is 0 Å². The molecule has 1 atom stereocenters. The maximum absolute atomic E-state index is 5.99. The maximum atomic E-state index is 5.99. The van der Waals surface area contributed by atoms with E-state index in [0.29, 0.717) is 0 Å². The first-order valence-electron chi connectivity index (χ1n) is 4.57. The van der Waals surface area contributed by atoms with Gasteiger partial charge < -0.3 is 10.2 Å². The lowest BCUT2D eigenvalue weighted by Gasteiger charge is -2.08. The third-order valence-electron chi connectivity index (χ3n) is 2.52. The third kappa shape index (κ3) is 1.53. The standard InChI is InChI=1S/C10H15NO/c1-7-4-5-12-10(7)9(11)6-8-2-3-8/h4-5,8-9H,2-3,6,11H2,1H3. The van der Waals surface area contributed by atoms with Gasteiger partial charge in [-0.15, -0.1) is 0 Å². The second-order valence-electron chi connectivity index (χ2n) is 3.75. The molecule has 12 heavy (non-hydrogen) atoms. The van der Waals surface area contributed by atoms with Gasteiger partial charge in [0.05, 0.1) is 12.3 Å². The van der Waals surface area contributed by atoms with Crippen molar-refractivity contribution in [2.24, 2.45) is 11.7 Å². The molecule has 1 unspecified atom stereocenters. The molecule has 2 nitrogen and oxygen atoms in total. The smallest absolute Gasteiger partial charge is 0.123 e. The van der Waals surface area contributed by atoms with Gasteiger partial charge in [-0.05, 0) is 30.9 Å². The second kappa shape index (κ2) is 2.94. The van der Waals surface area contributed by atoms with Gasteiger partial charge in [-0.1, -0.05) is 12.8 Å². The Morgan fingerprint density at radius 3 is 2.92 bits per heavy atom. The fraction of sp³-hybridized carbons (Fsp3) is 0.600. The average molecular weight is 165 g/mol. The van der Waals surface area contributed by atoms with Crippen molar-refractivity contribution in [1.29, 1.82) is 0 Å². The zero-order valence-corrected chi connectivity index (χ0v) is 7.42. The summed E-state index contributed by atoms with van der Waals surface area (Å²) in [6.45, 7) is 2.05. The molecule has 2 heteroatoms. The summed E-state index contributed by atoms with van der Waals surface area (Å²) in [6.07, 6.45) is 5.52. The number of furan rings is 1. The van der Waals surface area contributed by atoms with Gasteiger partial charge in [0.25, 0.3) is 0 Å². The summed E-state index contributed by atoms with van der Waals surface area (Å²) in [6, 6.07) is 2.09. The molecule has 1 saturated carbocycles. The van der Waals surface area contributed by atoms with Gasteiger partial charge in [-0.3, -0.25) is 0 Å². The van der Waals surface area contributed by atoms with Crippen LogP contribution in [0.5, 0.6) is 0 Å². The van der Waals surface area contributed by atoms with Crippen molar-refractivity contribution in [3.05, 3.63) is 23.7 Å². The first-order chi connectivity index (χ1) is 5.77. The average Bonchev–Trinajstić information content (AvgIpc) is 2.72. The first kappa shape index (κ1) is 7.87. The van der Waals surface area contributed by atoms with Gasteiger partial charge in [0.1, 0.15) is 5.76 Å². The van der Waals surface area contributed by atoms with Crippen LogP contribution in [0.1, 0.15) is 36.6 Å². The molecule has 0 bridgehead atoms. The largest absolute Gasteiger partial charge is 0.467 e. The van der Waals surface area contributed by atoms with Crippen molar-refractivity contribution < 1.29 is 4.42 Å². The molecule has 1 fully saturated rings. The summed E-state index contributed by atoms with van der Waals surface area (Å²) in [4.78, 5) is 0. The Bertz CT molecular complexity index is 263. The van der Waals surface area contributed by atoms with Crippen molar-refractivity contribution in [3.8, 4) is 0 Å². The predicted octanol–water partition coefficient (Wildman–Crippen LogP) is 2.39. The van der Waals surface area contributed by atoms with Crippen LogP contribution in [-0.2, 0) is 0 Å². The van der Waals surface area contributed by atoms with Crippen LogP contribution in [0.2, 0.25) is 0 Å². The van der Waals surface area contributed by atoms with E-state index in [1.807, 2.05) is 13.0 Å². The lowest BCUT2D eigenvalue weighted by Crippen LogP contribution is -2.10.